The van der Waals surface area contributed by atoms with Crippen LogP contribution in [0.2, 0.25) is 0 Å². The molecule has 0 saturated carbocycles. The molecule has 0 aromatic heterocycles. The molecule has 98 valence electrons. The third-order valence-corrected chi connectivity index (χ3v) is 3.19. The van der Waals surface area contributed by atoms with Gasteiger partial charge in [-0.05, 0) is 26.7 Å². The van der Waals surface area contributed by atoms with Gasteiger partial charge in [-0.15, -0.1) is 0 Å². The zero-order valence-corrected chi connectivity index (χ0v) is 10.9. The maximum absolute atomic E-state index is 11.9. The Morgan fingerprint density at radius 3 is 2.35 bits per heavy atom. The van der Waals surface area contributed by atoms with Crippen molar-refractivity contribution >= 4 is 12.0 Å². The molecule has 17 heavy (non-hydrogen) atoms. The number of piperidine rings is 1. The molecule has 1 saturated heterocycles. The van der Waals surface area contributed by atoms with Gasteiger partial charge in [-0.25, -0.2) is 4.79 Å². The lowest BCUT2D eigenvalue weighted by molar-refractivity contribution is -0.149. The Labute approximate surface area is 103 Å². The minimum absolute atomic E-state index is 0.0362. The van der Waals surface area contributed by atoms with E-state index < -0.39 is 0 Å². The Kier molecular flexibility index (Phi) is 5.25. The Balaban J connectivity index is 2.40. The van der Waals surface area contributed by atoms with E-state index in [1.54, 1.807) is 16.8 Å². The lowest BCUT2D eigenvalue weighted by atomic mass is 9.97. The third kappa shape index (κ3) is 3.61. The van der Waals surface area contributed by atoms with Gasteiger partial charge in [0.2, 0.25) is 0 Å². The monoisotopic (exact) mass is 242 g/mol. The SMILES string of the molecule is CCOC(=O)C1CCN(C(=O)N(C)CC)CC1. The summed E-state index contributed by atoms with van der Waals surface area (Å²) < 4.78 is 4.99. The number of carbonyl (C=O) groups is 2. The number of hydrogen-bond donors (Lipinski definition) is 0. The first-order valence-corrected chi connectivity index (χ1v) is 6.26. The summed E-state index contributed by atoms with van der Waals surface area (Å²) in [6, 6.07) is 0.0507. The van der Waals surface area contributed by atoms with Crippen LogP contribution in [0.4, 0.5) is 4.79 Å². The molecule has 0 aromatic rings. The molecule has 1 heterocycles. The summed E-state index contributed by atoms with van der Waals surface area (Å²) in [7, 11) is 1.79. The van der Waals surface area contributed by atoms with E-state index in [-0.39, 0.29) is 17.9 Å². The molecule has 0 N–H and O–H groups in total. The number of esters is 1. The molecule has 0 radical (unpaired) electrons. The second-order valence-corrected chi connectivity index (χ2v) is 4.31. The molecule has 5 heteroatoms. The van der Waals surface area contributed by atoms with E-state index in [0.717, 1.165) is 0 Å². The van der Waals surface area contributed by atoms with Gasteiger partial charge in [0.15, 0.2) is 0 Å². The van der Waals surface area contributed by atoms with E-state index in [1.807, 2.05) is 13.8 Å². The maximum Gasteiger partial charge on any atom is 0.319 e. The molecule has 1 aliphatic rings. The number of hydrogen-bond acceptors (Lipinski definition) is 3. The lowest BCUT2D eigenvalue weighted by Gasteiger charge is -2.33. The number of ether oxygens (including phenoxy) is 1. The van der Waals surface area contributed by atoms with Crippen molar-refractivity contribution in [2.45, 2.75) is 26.7 Å². The zero-order chi connectivity index (χ0) is 12.8. The molecule has 0 spiro atoms. The van der Waals surface area contributed by atoms with Crippen molar-refractivity contribution in [2.75, 3.05) is 33.3 Å². The van der Waals surface area contributed by atoms with Crippen LogP contribution < -0.4 is 0 Å². The van der Waals surface area contributed by atoms with Gasteiger partial charge in [0.1, 0.15) is 0 Å². The number of nitrogens with zero attached hydrogens (tertiary/aromatic N) is 2. The van der Waals surface area contributed by atoms with Gasteiger partial charge >= 0.3 is 12.0 Å². The van der Waals surface area contributed by atoms with Crippen molar-refractivity contribution in [2.24, 2.45) is 5.92 Å². The van der Waals surface area contributed by atoms with Crippen LogP contribution >= 0.6 is 0 Å². The third-order valence-electron chi connectivity index (χ3n) is 3.19. The van der Waals surface area contributed by atoms with Crippen LogP contribution in [-0.2, 0) is 9.53 Å². The Hall–Kier alpha value is -1.26. The van der Waals surface area contributed by atoms with Gasteiger partial charge in [0, 0.05) is 26.7 Å². The highest BCUT2D eigenvalue weighted by Crippen LogP contribution is 2.19. The van der Waals surface area contributed by atoms with Crippen LogP contribution in [0.3, 0.4) is 0 Å². The fraction of sp³-hybridized carbons (Fsp3) is 0.833. The topological polar surface area (TPSA) is 49.9 Å². The summed E-state index contributed by atoms with van der Waals surface area (Å²) in [6.07, 6.45) is 1.42. The van der Waals surface area contributed by atoms with Crippen molar-refractivity contribution in [3.63, 3.8) is 0 Å². The Bertz CT molecular complexity index is 273. The summed E-state index contributed by atoms with van der Waals surface area (Å²) >= 11 is 0. The summed E-state index contributed by atoms with van der Waals surface area (Å²) in [4.78, 5) is 26.9. The molecule has 0 atom stereocenters. The van der Waals surface area contributed by atoms with Crippen molar-refractivity contribution in [3.05, 3.63) is 0 Å². The molecular formula is C12H22N2O3. The number of carbonyl (C=O) groups excluding carboxylic acids is 2. The normalized spacial score (nSPS) is 16.8. The zero-order valence-electron chi connectivity index (χ0n) is 10.9. The van der Waals surface area contributed by atoms with E-state index in [2.05, 4.69) is 0 Å². The molecular weight excluding hydrogens is 220 g/mol. The van der Waals surface area contributed by atoms with Gasteiger partial charge in [0.25, 0.3) is 0 Å². The van der Waals surface area contributed by atoms with E-state index in [1.165, 1.54) is 0 Å². The van der Waals surface area contributed by atoms with Crippen LogP contribution in [0.25, 0.3) is 0 Å². The summed E-state index contributed by atoms with van der Waals surface area (Å²) in [5.74, 6) is -0.158. The average Bonchev–Trinajstić information content (AvgIpc) is 2.37. The molecule has 2 amide bonds. The smallest absolute Gasteiger partial charge is 0.319 e. The van der Waals surface area contributed by atoms with Gasteiger partial charge in [-0.3, -0.25) is 4.79 Å². The highest BCUT2D eigenvalue weighted by Gasteiger charge is 2.28. The first kappa shape index (κ1) is 13.8. The largest absolute Gasteiger partial charge is 0.466 e. The van der Waals surface area contributed by atoms with E-state index in [9.17, 15) is 9.59 Å². The molecule has 0 unspecified atom stereocenters. The fourth-order valence-electron chi connectivity index (χ4n) is 1.94. The number of likely N-dealkylation sites (tertiary alicyclic amines) is 1. The second-order valence-electron chi connectivity index (χ2n) is 4.31. The predicted molar refractivity (Wildman–Crippen MR) is 64.6 cm³/mol. The van der Waals surface area contributed by atoms with Crippen LogP contribution in [0.1, 0.15) is 26.7 Å². The number of amides is 2. The van der Waals surface area contributed by atoms with Crippen LogP contribution in [0.15, 0.2) is 0 Å². The maximum atomic E-state index is 11.9. The minimum atomic E-state index is -0.122. The first-order valence-electron chi connectivity index (χ1n) is 6.26. The summed E-state index contributed by atoms with van der Waals surface area (Å²) in [5.41, 5.74) is 0. The molecule has 1 fully saturated rings. The molecule has 0 bridgehead atoms. The van der Waals surface area contributed by atoms with Crippen molar-refractivity contribution < 1.29 is 14.3 Å². The van der Waals surface area contributed by atoms with Gasteiger partial charge in [-0.1, -0.05) is 0 Å². The fourth-order valence-corrected chi connectivity index (χ4v) is 1.94. The molecule has 0 aromatic carbocycles. The number of rotatable bonds is 3. The van der Waals surface area contributed by atoms with Crippen LogP contribution in [0.5, 0.6) is 0 Å². The minimum Gasteiger partial charge on any atom is -0.466 e. The lowest BCUT2D eigenvalue weighted by Crippen LogP contribution is -2.46. The van der Waals surface area contributed by atoms with Gasteiger partial charge in [0.05, 0.1) is 12.5 Å². The van der Waals surface area contributed by atoms with E-state index >= 15 is 0 Å². The summed E-state index contributed by atoms with van der Waals surface area (Å²) in [5, 5.41) is 0. The highest BCUT2D eigenvalue weighted by atomic mass is 16.5. The van der Waals surface area contributed by atoms with Crippen LogP contribution in [-0.4, -0.2) is 55.1 Å². The highest BCUT2D eigenvalue weighted by molar-refractivity contribution is 5.75. The van der Waals surface area contributed by atoms with Crippen molar-refractivity contribution in [1.29, 1.82) is 0 Å². The Morgan fingerprint density at radius 2 is 1.88 bits per heavy atom. The summed E-state index contributed by atoms with van der Waals surface area (Å²) in [6.45, 7) is 6.18. The number of urea groups is 1. The molecule has 5 nitrogen and oxygen atoms in total. The van der Waals surface area contributed by atoms with Gasteiger partial charge < -0.3 is 14.5 Å². The Morgan fingerprint density at radius 1 is 1.29 bits per heavy atom. The van der Waals surface area contributed by atoms with Crippen LogP contribution in [0, 0.1) is 5.92 Å². The molecule has 1 rings (SSSR count). The molecule has 1 aliphatic heterocycles. The van der Waals surface area contributed by atoms with Gasteiger partial charge in [-0.2, -0.15) is 0 Å². The second kappa shape index (κ2) is 6.47. The average molecular weight is 242 g/mol. The quantitative estimate of drug-likeness (QED) is 0.702. The first-order chi connectivity index (χ1) is 8.10. The van der Waals surface area contributed by atoms with Crippen molar-refractivity contribution in [1.82, 2.24) is 9.80 Å². The predicted octanol–water partition coefficient (Wildman–Crippen LogP) is 1.33. The van der Waals surface area contributed by atoms with Crippen molar-refractivity contribution in [3.8, 4) is 0 Å². The standard InChI is InChI=1S/C12H22N2O3/c1-4-13(3)12(16)14-8-6-10(7-9-14)11(15)17-5-2/h10H,4-9H2,1-3H3. The van der Waals surface area contributed by atoms with E-state index in [0.29, 0.717) is 39.1 Å². The molecule has 0 aliphatic carbocycles. The van der Waals surface area contributed by atoms with E-state index in [4.69, 9.17) is 4.74 Å².